The molecule has 1 heterocycles. The maximum atomic E-state index is 12.9. The molecule has 1 aromatic carbocycles. The molecule has 0 unspecified atom stereocenters. The van der Waals surface area contributed by atoms with Crippen LogP contribution >= 0.6 is 12.4 Å². The molecule has 0 saturated heterocycles. The van der Waals surface area contributed by atoms with E-state index in [1.165, 1.54) is 16.8 Å². The van der Waals surface area contributed by atoms with Gasteiger partial charge in [-0.25, -0.2) is 4.68 Å². The molecule has 27 heavy (non-hydrogen) atoms. The normalized spacial score (nSPS) is 21.4. The number of halogens is 1. The average molecular weight is 389 g/mol. The third-order valence-corrected chi connectivity index (χ3v) is 5.83. The van der Waals surface area contributed by atoms with E-state index in [0.29, 0.717) is 5.69 Å². The van der Waals surface area contributed by atoms with Gasteiger partial charge in [-0.1, -0.05) is 17.7 Å². The van der Waals surface area contributed by atoms with E-state index in [9.17, 15) is 4.79 Å². The Bertz CT molecular complexity index is 837. The third kappa shape index (κ3) is 3.90. The number of nitrogens with one attached hydrogen (secondary N) is 1. The number of benzene rings is 1. The highest BCUT2D eigenvalue weighted by Crippen LogP contribution is 2.29. The second-order valence-electron chi connectivity index (χ2n) is 7.91. The number of fused-ring (bicyclic) bond motifs is 1. The van der Waals surface area contributed by atoms with Crippen molar-refractivity contribution in [3.63, 3.8) is 0 Å². The largest absolute Gasteiger partial charge is 0.348 e. The van der Waals surface area contributed by atoms with Crippen LogP contribution < -0.4 is 11.1 Å². The smallest absolute Gasteiger partial charge is 0.272 e. The summed E-state index contributed by atoms with van der Waals surface area (Å²) in [4.78, 5) is 12.9. The van der Waals surface area contributed by atoms with Gasteiger partial charge in [0.15, 0.2) is 5.69 Å². The first-order valence-electron chi connectivity index (χ1n) is 9.78. The summed E-state index contributed by atoms with van der Waals surface area (Å²) in [5, 5.41) is 7.96. The summed E-state index contributed by atoms with van der Waals surface area (Å²) in [6, 6.07) is 6.90. The van der Waals surface area contributed by atoms with Crippen LogP contribution in [0.5, 0.6) is 0 Å². The van der Waals surface area contributed by atoms with Gasteiger partial charge in [0.05, 0.1) is 5.69 Å². The molecule has 1 fully saturated rings. The summed E-state index contributed by atoms with van der Waals surface area (Å²) in [7, 11) is 0. The minimum Gasteiger partial charge on any atom is -0.348 e. The molecule has 0 bridgehead atoms. The number of hydrogen-bond donors (Lipinski definition) is 2. The van der Waals surface area contributed by atoms with Gasteiger partial charge in [-0.3, -0.25) is 4.79 Å². The Morgan fingerprint density at radius 2 is 1.93 bits per heavy atom. The fourth-order valence-electron chi connectivity index (χ4n) is 4.38. The van der Waals surface area contributed by atoms with Crippen molar-refractivity contribution in [2.75, 3.05) is 0 Å². The van der Waals surface area contributed by atoms with Crippen molar-refractivity contribution < 1.29 is 4.79 Å². The summed E-state index contributed by atoms with van der Waals surface area (Å²) < 4.78 is 2.00. The molecule has 1 aromatic heterocycles. The predicted octanol–water partition coefficient (Wildman–Crippen LogP) is 3.40. The highest BCUT2D eigenvalue weighted by molar-refractivity contribution is 5.94. The van der Waals surface area contributed by atoms with Gasteiger partial charge in [-0.2, -0.15) is 5.10 Å². The van der Waals surface area contributed by atoms with Crippen LogP contribution in [0.4, 0.5) is 0 Å². The molecule has 3 N–H and O–H groups in total. The predicted molar refractivity (Wildman–Crippen MR) is 110 cm³/mol. The number of nitrogens with zero attached hydrogens (tertiary/aromatic N) is 2. The highest BCUT2D eigenvalue weighted by Gasteiger charge is 2.29. The molecule has 146 valence electrons. The first kappa shape index (κ1) is 19.9. The Morgan fingerprint density at radius 1 is 1.19 bits per heavy atom. The second-order valence-corrected chi connectivity index (χ2v) is 7.91. The van der Waals surface area contributed by atoms with Crippen molar-refractivity contribution in [1.82, 2.24) is 15.1 Å². The molecule has 1 saturated carbocycles. The maximum absolute atomic E-state index is 12.9. The van der Waals surface area contributed by atoms with E-state index in [1.54, 1.807) is 0 Å². The topological polar surface area (TPSA) is 72.9 Å². The van der Waals surface area contributed by atoms with Crippen LogP contribution in [0.1, 0.15) is 65.0 Å². The van der Waals surface area contributed by atoms with Crippen LogP contribution in [-0.2, 0) is 12.8 Å². The first-order chi connectivity index (χ1) is 12.5. The SMILES string of the molecule is Cc1ccc(-n2nc(C(=O)NC3CCC(N)CC3)c3c2CCC3)c(C)c1.Cl. The fourth-order valence-corrected chi connectivity index (χ4v) is 4.38. The van der Waals surface area contributed by atoms with Crippen LogP contribution in [-0.4, -0.2) is 27.8 Å². The summed E-state index contributed by atoms with van der Waals surface area (Å²) in [5.74, 6) is -0.0212. The number of aromatic nitrogens is 2. The first-order valence-corrected chi connectivity index (χ1v) is 9.78. The average Bonchev–Trinajstić information content (AvgIpc) is 3.20. The molecular weight excluding hydrogens is 360 g/mol. The maximum Gasteiger partial charge on any atom is 0.272 e. The number of nitrogens with two attached hydrogens (primary N) is 1. The Morgan fingerprint density at radius 3 is 2.63 bits per heavy atom. The lowest BCUT2D eigenvalue weighted by molar-refractivity contribution is 0.0919. The minimum atomic E-state index is -0.0212. The van der Waals surface area contributed by atoms with E-state index < -0.39 is 0 Å². The Balaban J connectivity index is 0.00000210. The summed E-state index contributed by atoms with van der Waals surface area (Å²) in [5.41, 5.74) is 12.4. The summed E-state index contributed by atoms with van der Waals surface area (Å²) in [6.45, 7) is 4.20. The van der Waals surface area contributed by atoms with E-state index in [0.717, 1.165) is 56.2 Å². The van der Waals surface area contributed by atoms with Gasteiger partial charge >= 0.3 is 0 Å². The third-order valence-electron chi connectivity index (χ3n) is 5.83. The number of hydrogen-bond acceptors (Lipinski definition) is 3. The number of amides is 1. The molecule has 2 aromatic rings. The van der Waals surface area contributed by atoms with Crippen LogP contribution in [0.3, 0.4) is 0 Å². The molecule has 2 aliphatic rings. The Kier molecular flexibility index (Phi) is 5.92. The van der Waals surface area contributed by atoms with Gasteiger partial charge in [0.2, 0.25) is 0 Å². The number of carbonyl (C=O) groups excluding carboxylic acids is 1. The van der Waals surface area contributed by atoms with Crippen molar-refractivity contribution >= 4 is 18.3 Å². The number of aryl methyl sites for hydroxylation is 2. The van der Waals surface area contributed by atoms with E-state index in [1.807, 2.05) is 4.68 Å². The van der Waals surface area contributed by atoms with Crippen molar-refractivity contribution in [2.24, 2.45) is 5.73 Å². The zero-order valence-electron chi connectivity index (χ0n) is 16.1. The molecule has 0 radical (unpaired) electrons. The zero-order valence-corrected chi connectivity index (χ0v) is 16.9. The molecule has 5 nitrogen and oxygen atoms in total. The molecule has 6 heteroatoms. The van der Waals surface area contributed by atoms with E-state index in [4.69, 9.17) is 10.8 Å². The fraction of sp³-hybridized carbons (Fsp3) is 0.524. The van der Waals surface area contributed by atoms with Crippen molar-refractivity contribution in [3.05, 3.63) is 46.3 Å². The monoisotopic (exact) mass is 388 g/mol. The standard InChI is InChI=1S/C21H28N4O.ClH/c1-13-6-11-18(14(2)12-13)25-19-5-3-4-17(19)20(24-25)21(26)23-16-9-7-15(22)8-10-16;/h6,11-12,15-16H,3-5,7-10,22H2,1-2H3,(H,23,26);1H. The molecule has 0 atom stereocenters. The highest BCUT2D eigenvalue weighted by atomic mass is 35.5. The van der Waals surface area contributed by atoms with E-state index in [2.05, 4.69) is 37.4 Å². The molecule has 4 rings (SSSR count). The second kappa shape index (κ2) is 8.03. The van der Waals surface area contributed by atoms with Crippen LogP contribution in [0, 0.1) is 13.8 Å². The van der Waals surface area contributed by atoms with E-state index in [-0.39, 0.29) is 30.4 Å². The Labute approximate surface area is 167 Å². The summed E-state index contributed by atoms with van der Waals surface area (Å²) >= 11 is 0. The summed E-state index contributed by atoms with van der Waals surface area (Å²) in [6.07, 6.45) is 6.93. The molecule has 0 aliphatic heterocycles. The van der Waals surface area contributed by atoms with Crippen molar-refractivity contribution in [3.8, 4) is 5.69 Å². The van der Waals surface area contributed by atoms with Gasteiger partial charge < -0.3 is 11.1 Å². The Hall–Kier alpha value is -1.85. The van der Waals surface area contributed by atoms with E-state index >= 15 is 0 Å². The molecule has 2 aliphatic carbocycles. The lowest BCUT2D eigenvalue weighted by Gasteiger charge is -2.26. The number of rotatable bonds is 3. The lowest BCUT2D eigenvalue weighted by atomic mass is 9.92. The van der Waals surface area contributed by atoms with Gasteiger partial charge in [0.1, 0.15) is 0 Å². The quantitative estimate of drug-likeness (QED) is 0.846. The van der Waals surface area contributed by atoms with Gasteiger partial charge in [-0.05, 0) is 70.4 Å². The van der Waals surface area contributed by atoms with Gasteiger partial charge in [-0.15, -0.1) is 12.4 Å². The molecule has 1 amide bonds. The van der Waals surface area contributed by atoms with Crippen LogP contribution in [0.15, 0.2) is 18.2 Å². The minimum absolute atomic E-state index is 0. The molecular formula is C21H29ClN4O. The molecule has 0 spiro atoms. The lowest BCUT2D eigenvalue weighted by Crippen LogP contribution is -2.40. The van der Waals surface area contributed by atoms with Crippen LogP contribution in [0.2, 0.25) is 0 Å². The zero-order chi connectivity index (χ0) is 18.3. The van der Waals surface area contributed by atoms with Crippen molar-refractivity contribution in [1.29, 1.82) is 0 Å². The van der Waals surface area contributed by atoms with Crippen LogP contribution in [0.25, 0.3) is 5.69 Å². The van der Waals surface area contributed by atoms with Gasteiger partial charge in [0, 0.05) is 23.3 Å². The van der Waals surface area contributed by atoms with Gasteiger partial charge in [0.25, 0.3) is 5.91 Å². The number of carbonyl (C=O) groups is 1. The van der Waals surface area contributed by atoms with Crippen molar-refractivity contribution in [2.45, 2.75) is 70.9 Å².